The van der Waals surface area contributed by atoms with E-state index in [1.54, 1.807) is 12.3 Å². The summed E-state index contributed by atoms with van der Waals surface area (Å²) in [6, 6.07) is -8.34. The van der Waals surface area contributed by atoms with Crippen molar-refractivity contribution in [3.05, 3.63) is 50.9 Å². The molecule has 0 radical (unpaired) electrons. The lowest BCUT2D eigenvalue weighted by Gasteiger charge is -2.45. The summed E-state index contributed by atoms with van der Waals surface area (Å²) in [5, 5.41) is 9.81. The van der Waals surface area contributed by atoms with Crippen molar-refractivity contribution in [3.8, 4) is 0 Å². The van der Waals surface area contributed by atoms with E-state index in [0.717, 1.165) is 54.0 Å². The minimum absolute atomic E-state index is 0.00437. The van der Waals surface area contributed by atoms with E-state index in [9.17, 15) is 46.7 Å². The number of benzene rings is 1. The van der Waals surface area contributed by atoms with E-state index in [1.807, 2.05) is 20.8 Å². The van der Waals surface area contributed by atoms with Crippen molar-refractivity contribution >= 4 is 93.8 Å². The lowest BCUT2D eigenvalue weighted by molar-refractivity contribution is -0.160. The lowest BCUT2D eigenvalue weighted by atomic mass is 9.84. The monoisotopic (exact) mass is 1480 g/mol. The van der Waals surface area contributed by atoms with Crippen molar-refractivity contribution in [2.24, 2.45) is 23.7 Å². The Hall–Kier alpha value is -7.43. The first kappa shape index (κ1) is 82.9. The van der Waals surface area contributed by atoms with Crippen LogP contribution < -0.4 is 16.0 Å². The molecule has 3 N–H and O–H groups in total. The van der Waals surface area contributed by atoms with E-state index >= 15 is 24.0 Å². The first-order valence-electron chi connectivity index (χ1n) is 36.4. The van der Waals surface area contributed by atoms with Gasteiger partial charge in [-0.2, -0.15) is 13.2 Å². The predicted molar refractivity (Wildman–Crippen MR) is 382 cm³/mol. The van der Waals surface area contributed by atoms with E-state index < -0.39 is 172 Å². The third-order valence-corrected chi connectivity index (χ3v) is 23.3. The molecule has 30 heteroatoms. The maximum atomic E-state index is 15.8. The van der Waals surface area contributed by atoms with Crippen LogP contribution in [0.25, 0.3) is 0 Å². The quantitative estimate of drug-likeness (QED) is 0.202. The fourth-order valence-electron chi connectivity index (χ4n) is 15.4. The summed E-state index contributed by atoms with van der Waals surface area (Å²) in [5.74, 6) is -9.26. The number of rotatable bonds is 13. The van der Waals surface area contributed by atoms with Gasteiger partial charge < -0.3 is 60.0 Å². The fourth-order valence-corrected chi connectivity index (χ4v) is 16.3. The van der Waals surface area contributed by atoms with Crippen molar-refractivity contribution in [1.82, 2.24) is 65.0 Å². The molecule has 2 saturated heterocycles. The third-order valence-electron chi connectivity index (χ3n) is 22.3. The molecule has 7 rings (SSSR count). The largest absolute Gasteiger partial charge is 0.417 e. The number of amides is 12. The zero-order valence-electron chi connectivity index (χ0n) is 62.4. The molecule has 1 aromatic carbocycles. The molecule has 0 bridgehead atoms. The molecule has 25 nitrogen and oxygen atoms in total. The smallest absolute Gasteiger partial charge is 0.347 e. The minimum atomic E-state index is -4.78. The Kier molecular flexibility index (Phi) is 29.0. The summed E-state index contributed by atoms with van der Waals surface area (Å²) in [7, 11) is 12.9. The maximum Gasteiger partial charge on any atom is 0.417 e. The van der Waals surface area contributed by atoms with Gasteiger partial charge in [0, 0.05) is 81.8 Å². The third kappa shape index (κ3) is 19.9. The Bertz CT molecular complexity index is 3380. The number of aromatic nitrogens is 1. The highest BCUT2D eigenvalue weighted by molar-refractivity contribution is 7.07. The van der Waals surface area contributed by atoms with Crippen LogP contribution in [0.4, 0.5) is 13.2 Å². The summed E-state index contributed by atoms with van der Waals surface area (Å²) < 4.78 is 41.9. The molecule has 3 saturated carbocycles. The van der Waals surface area contributed by atoms with Gasteiger partial charge >= 0.3 is 6.18 Å². The molecule has 0 unspecified atom stereocenters. The van der Waals surface area contributed by atoms with Crippen molar-refractivity contribution in [2.75, 3.05) is 76.5 Å². The number of nitrogens with zero attached hydrogens (tertiary/aromatic N) is 10. The zero-order valence-corrected chi connectivity index (χ0v) is 64.0. The SMILES string of the molecule is CC[C@H](C)[C@@H]1NC(=O)[C@H](CC(C)C)N(C)C(=O)C[C@@H](C(=O)N(C)C)N(C)C(=O)[C@H](C2CCCC2)N(C)C(=O)C2(CCCC2)NC(=O)[C@H](Cc2cscn2)N(C)C(=O)[C@H](CCc2ccc(C(F)(F)F)c(Cl)c2)NC(=O)CN(C)C(=O)[C@H](CC2CCCCC2)N(C)C(=O)[C@@H]2CCN2C(=O)[C@H](C)N(C)C1=O. The van der Waals surface area contributed by atoms with E-state index in [2.05, 4.69) is 20.9 Å². The van der Waals surface area contributed by atoms with Gasteiger partial charge in [0.25, 0.3) is 0 Å². The normalized spacial score (nSPS) is 26.8. The van der Waals surface area contributed by atoms with Gasteiger partial charge in [0.05, 0.1) is 34.8 Å². The van der Waals surface area contributed by atoms with Gasteiger partial charge in [-0.15, -0.1) is 11.3 Å². The van der Waals surface area contributed by atoms with Crippen LogP contribution in [0.1, 0.15) is 173 Å². The van der Waals surface area contributed by atoms with Crippen molar-refractivity contribution < 1.29 is 70.7 Å². The van der Waals surface area contributed by atoms with E-state index in [-0.39, 0.29) is 75.3 Å². The average Bonchev–Trinajstić information content (AvgIpc) is 1.72. The molecule has 3 heterocycles. The number of thiazole rings is 1. The molecule has 5 fully saturated rings. The summed E-state index contributed by atoms with van der Waals surface area (Å²) in [6.45, 7) is 8.31. The number of alkyl halides is 3. The Morgan fingerprint density at radius 1 is 0.718 bits per heavy atom. The molecule has 2 aromatic rings. The molecular weight excluding hydrogens is 1380 g/mol. The first-order valence-corrected chi connectivity index (χ1v) is 37.8. The summed E-state index contributed by atoms with van der Waals surface area (Å²) >= 11 is 7.41. The molecule has 1 aromatic heterocycles. The second-order valence-corrected chi connectivity index (χ2v) is 31.2. The molecule has 5 aliphatic rings. The average molecular weight is 1490 g/mol. The van der Waals surface area contributed by atoms with Crippen LogP contribution in [0, 0.1) is 23.7 Å². The molecule has 12 amide bonds. The zero-order chi connectivity index (χ0) is 76.3. The molecular formula is C73H109ClF3N13O12S. The Morgan fingerprint density at radius 2 is 1.35 bits per heavy atom. The lowest BCUT2D eigenvalue weighted by Crippen LogP contribution is -2.65. The molecule has 103 heavy (non-hydrogen) atoms. The molecule has 3 aliphatic carbocycles. The topological polar surface area (TPSA) is 283 Å². The Morgan fingerprint density at radius 3 is 1.91 bits per heavy atom. The van der Waals surface area contributed by atoms with Gasteiger partial charge in [0.1, 0.15) is 59.9 Å². The van der Waals surface area contributed by atoms with Crippen LogP contribution in [0.2, 0.25) is 5.02 Å². The highest BCUT2D eigenvalue weighted by Crippen LogP contribution is 2.39. The molecule has 2 aliphatic heterocycles. The molecule has 1 spiro atoms. The van der Waals surface area contributed by atoms with Crippen LogP contribution in [0.15, 0.2) is 29.1 Å². The highest BCUT2D eigenvalue weighted by atomic mass is 35.5. The summed E-state index contributed by atoms with van der Waals surface area (Å²) in [4.78, 5) is 196. The van der Waals surface area contributed by atoms with Crippen molar-refractivity contribution in [3.63, 3.8) is 0 Å². The highest BCUT2D eigenvalue weighted by Gasteiger charge is 2.52. The number of aryl methyl sites for hydroxylation is 1. The van der Waals surface area contributed by atoms with E-state index in [0.29, 0.717) is 50.6 Å². The van der Waals surface area contributed by atoms with Crippen LogP contribution in [0.3, 0.4) is 0 Å². The molecule has 572 valence electrons. The maximum absolute atomic E-state index is 15.8. The van der Waals surface area contributed by atoms with Gasteiger partial charge in [-0.05, 0) is 106 Å². The predicted octanol–water partition coefficient (Wildman–Crippen LogP) is 6.18. The number of nitrogens with one attached hydrogen (secondary N) is 3. The second-order valence-electron chi connectivity index (χ2n) is 30.1. The molecule has 10 atom stereocenters. The van der Waals surface area contributed by atoms with Gasteiger partial charge in [-0.25, -0.2) is 4.98 Å². The van der Waals surface area contributed by atoms with Crippen molar-refractivity contribution in [2.45, 2.75) is 236 Å². The summed E-state index contributed by atoms with van der Waals surface area (Å²) in [5.41, 5.74) is -0.555. The van der Waals surface area contributed by atoms with Crippen LogP contribution >= 0.6 is 22.9 Å². The van der Waals surface area contributed by atoms with Gasteiger partial charge in [-0.1, -0.05) is 110 Å². The Balaban J connectivity index is 1.32. The van der Waals surface area contributed by atoms with Crippen LogP contribution in [0.5, 0.6) is 0 Å². The number of fused-ring (bicyclic) bond motifs is 1. The standard InChI is InChI=1S/C73H109ClF3N13O12S/c1-15-44(4)60-69(100)84(9)45(5)64(95)90-34-31-53(90)68(99)87(12)56(37-46-23-17-16-18-24-46)67(98)83(8)40-58(91)79-52(30-28-47-27-29-50(51(74)36-47)73(75,76)77)65(96)86(11)55(38-49-41-103-42-78-49)63(94)81-72(32-21-22-33-72)71(102)89(14)61(48-25-19-20-26-48)70(101)88(13)57(66(97)82(6)7)39-59(92)85(10)54(35-43(2)3)62(93)80-60/h27,29,36,41-46,48,52-57,60-61H,15-26,28,30-35,37-40H2,1-14H3,(H,79,91)(H,80,93)(H,81,94)/t44-,45-,52-,53-,54-,55-,56-,57-,60-,61-/m0/s1. The minimum Gasteiger partial charge on any atom is -0.347 e. The Labute approximate surface area is 613 Å². The van der Waals surface area contributed by atoms with Gasteiger partial charge in [-0.3, -0.25) is 57.5 Å². The fraction of sp³-hybridized carbons (Fsp3) is 0.712. The second kappa shape index (κ2) is 36.0. The number of carbonyl (C=O) groups excluding carboxylic acids is 12. The van der Waals surface area contributed by atoms with E-state index in [1.165, 1.54) is 128 Å². The van der Waals surface area contributed by atoms with Crippen LogP contribution in [-0.4, -0.2) is 256 Å². The number of hydrogen-bond acceptors (Lipinski definition) is 14. The van der Waals surface area contributed by atoms with E-state index in [4.69, 9.17) is 11.6 Å². The van der Waals surface area contributed by atoms with Crippen LogP contribution in [-0.2, 0) is 76.6 Å². The number of carbonyl (C=O) groups is 12. The number of halogens is 4. The van der Waals surface area contributed by atoms with Gasteiger partial charge in [0.2, 0.25) is 70.9 Å². The summed E-state index contributed by atoms with van der Waals surface area (Å²) in [6.07, 6.45) is 2.90. The van der Waals surface area contributed by atoms with Crippen molar-refractivity contribution in [1.29, 1.82) is 0 Å². The first-order chi connectivity index (χ1) is 48.4. The number of likely N-dealkylation sites (N-methyl/N-ethyl adjacent to an activating group) is 8. The van der Waals surface area contributed by atoms with Gasteiger partial charge in [0.15, 0.2) is 0 Å². The number of hydrogen-bond donors (Lipinski definition) is 3.